The summed E-state index contributed by atoms with van der Waals surface area (Å²) < 4.78 is 0. The van der Waals surface area contributed by atoms with Gasteiger partial charge in [0.15, 0.2) is 0 Å². The first kappa shape index (κ1) is 8.32. The molecule has 64 valence electrons. The summed E-state index contributed by atoms with van der Waals surface area (Å²) in [5.41, 5.74) is 5.61. The molecule has 5 nitrogen and oxygen atoms in total. The number of H-pyrrole nitrogens is 1. The predicted molar refractivity (Wildman–Crippen MR) is 41.8 cm³/mol. The highest BCUT2D eigenvalue weighted by Gasteiger charge is 2.06. The molecule has 0 atom stereocenters. The number of hydrogen-bond donors (Lipinski definition) is 3. The molecular formula is C7H9N3O2. The third kappa shape index (κ3) is 2.12. The molecule has 12 heavy (non-hydrogen) atoms. The molecule has 0 spiro atoms. The van der Waals surface area contributed by atoms with E-state index >= 15 is 0 Å². The van der Waals surface area contributed by atoms with E-state index in [1.54, 1.807) is 18.5 Å². The molecule has 0 aromatic carbocycles. The zero-order valence-electron chi connectivity index (χ0n) is 6.33. The third-order valence-electron chi connectivity index (χ3n) is 1.34. The predicted octanol–water partition coefficient (Wildman–Crippen LogP) is -0.884. The van der Waals surface area contributed by atoms with Crippen LogP contribution in [-0.4, -0.2) is 16.8 Å². The monoisotopic (exact) mass is 167 g/mol. The van der Waals surface area contributed by atoms with E-state index < -0.39 is 11.8 Å². The lowest BCUT2D eigenvalue weighted by atomic mass is 10.3. The molecule has 0 fully saturated rings. The lowest BCUT2D eigenvalue weighted by Gasteiger charge is -1.98. The van der Waals surface area contributed by atoms with Gasteiger partial charge in [0.05, 0.1) is 0 Å². The van der Waals surface area contributed by atoms with Gasteiger partial charge in [-0.05, 0) is 11.6 Å². The van der Waals surface area contributed by atoms with Crippen molar-refractivity contribution in [3.63, 3.8) is 0 Å². The van der Waals surface area contributed by atoms with Crippen molar-refractivity contribution in [2.45, 2.75) is 6.54 Å². The molecule has 0 aliphatic carbocycles. The van der Waals surface area contributed by atoms with Gasteiger partial charge >= 0.3 is 11.8 Å². The summed E-state index contributed by atoms with van der Waals surface area (Å²) in [5, 5.41) is 2.35. The van der Waals surface area contributed by atoms with Crippen molar-refractivity contribution >= 4 is 11.8 Å². The van der Waals surface area contributed by atoms with Crippen molar-refractivity contribution in [2.75, 3.05) is 0 Å². The minimum atomic E-state index is -0.967. The topological polar surface area (TPSA) is 88.0 Å². The number of amides is 2. The molecule has 4 N–H and O–H groups in total. The van der Waals surface area contributed by atoms with Crippen molar-refractivity contribution in [3.8, 4) is 0 Å². The lowest BCUT2D eigenvalue weighted by Crippen LogP contribution is -2.35. The molecule has 0 aliphatic heterocycles. The summed E-state index contributed by atoms with van der Waals surface area (Å²) in [6, 6.07) is 1.79. The molecule has 0 radical (unpaired) electrons. The third-order valence-corrected chi connectivity index (χ3v) is 1.34. The van der Waals surface area contributed by atoms with Crippen LogP contribution in [0.3, 0.4) is 0 Å². The van der Waals surface area contributed by atoms with E-state index in [1.165, 1.54) is 0 Å². The van der Waals surface area contributed by atoms with Crippen LogP contribution in [0.25, 0.3) is 0 Å². The molecule has 0 unspecified atom stereocenters. The summed E-state index contributed by atoms with van der Waals surface area (Å²) >= 11 is 0. The summed E-state index contributed by atoms with van der Waals surface area (Å²) in [7, 11) is 0. The van der Waals surface area contributed by atoms with Gasteiger partial charge in [0.25, 0.3) is 0 Å². The highest BCUT2D eigenvalue weighted by molar-refractivity contribution is 6.34. The van der Waals surface area contributed by atoms with E-state index in [2.05, 4.69) is 10.3 Å². The minimum absolute atomic E-state index is 0.311. The van der Waals surface area contributed by atoms with Crippen LogP contribution in [0.4, 0.5) is 0 Å². The summed E-state index contributed by atoms with van der Waals surface area (Å²) in [6.07, 6.45) is 3.45. The van der Waals surface area contributed by atoms with Crippen LogP contribution >= 0.6 is 0 Å². The Morgan fingerprint density at radius 1 is 1.58 bits per heavy atom. The highest BCUT2D eigenvalue weighted by Crippen LogP contribution is 1.94. The molecule has 0 aliphatic rings. The van der Waals surface area contributed by atoms with Crippen molar-refractivity contribution in [2.24, 2.45) is 5.73 Å². The first-order valence-corrected chi connectivity index (χ1v) is 3.39. The molecule has 0 saturated heterocycles. The number of primary amides is 1. The summed E-state index contributed by atoms with van der Waals surface area (Å²) in [6.45, 7) is 0.311. The smallest absolute Gasteiger partial charge is 0.309 e. The Morgan fingerprint density at radius 3 is 2.83 bits per heavy atom. The van der Waals surface area contributed by atoms with Crippen LogP contribution in [-0.2, 0) is 16.1 Å². The Labute approximate surface area is 68.9 Å². The Balaban J connectivity index is 2.37. The van der Waals surface area contributed by atoms with E-state index in [0.717, 1.165) is 5.56 Å². The second-order valence-corrected chi connectivity index (χ2v) is 2.27. The SMILES string of the molecule is NC(=O)C(=O)NCc1cc[nH]c1. The molecule has 0 bridgehead atoms. The van der Waals surface area contributed by atoms with Gasteiger partial charge in [0.1, 0.15) is 0 Å². The van der Waals surface area contributed by atoms with Crippen LogP contribution in [0, 0.1) is 0 Å². The van der Waals surface area contributed by atoms with E-state index in [-0.39, 0.29) is 0 Å². The fraction of sp³-hybridized carbons (Fsp3) is 0.143. The number of carbonyl (C=O) groups excluding carboxylic acids is 2. The average Bonchev–Trinajstić information content (AvgIpc) is 2.51. The van der Waals surface area contributed by atoms with E-state index in [0.29, 0.717) is 6.54 Å². The number of nitrogens with two attached hydrogens (primary N) is 1. The molecule has 0 saturated carbocycles. The molecule has 1 aromatic heterocycles. The Bertz CT molecular complexity index is 279. The van der Waals surface area contributed by atoms with Crippen LogP contribution in [0.5, 0.6) is 0 Å². The standard InChI is InChI=1S/C7H9N3O2/c8-6(11)7(12)10-4-5-1-2-9-3-5/h1-3,9H,4H2,(H2,8,11)(H,10,12). The molecule has 2 amide bonds. The number of carbonyl (C=O) groups is 2. The Hall–Kier alpha value is -1.78. The number of aromatic amines is 1. The van der Waals surface area contributed by atoms with Crippen LogP contribution in [0.1, 0.15) is 5.56 Å². The fourth-order valence-electron chi connectivity index (χ4n) is 0.738. The van der Waals surface area contributed by atoms with Gasteiger partial charge in [0, 0.05) is 18.9 Å². The van der Waals surface area contributed by atoms with Gasteiger partial charge in [-0.2, -0.15) is 0 Å². The first-order valence-electron chi connectivity index (χ1n) is 3.39. The molecule has 1 heterocycles. The first-order chi connectivity index (χ1) is 5.70. The fourth-order valence-corrected chi connectivity index (χ4v) is 0.738. The second kappa shape index (κ2) is 3.56. The quantitative estimate of drug-likeness (QED) is 0.499. The summed E-state index contributed by atoms with van der Waals surface area (Å²) in [4.78, 5) is 23.7. The Kier molecular flexibility index (Phi) is 2.47. The van der Waals surface area contributed by atoms with Gasteiger partial charge in [-0.15, -0.1) is 0 Å². The highest BCUT2D eigenvalue weighted by atomic mass is 16.2. The van der Waals surface area contributed by atoms with E-state index in [4.69, 9.17) is 5.73 Å². The van der Waals surface area contributed by atoms with Gasteiger partial charge < -0.3 is 16.0 Å². The number of rotatable bonds is 2. The molecular weight excluding hydrogens is 158 g/mol. The van der Waals surface area contributed by atoms with Crippen molar-refractivity contribution in [1.82, 2.24) is 10.3 Å². The van der Waals surface area contributed by atoms with Crippen molar-refractivity contribution < 1.29 is 9.59 Å². The normalized spacial score (nSPS) is 9.33. The largest absolute Gasteiger partial charge is 0.367 e. The molecule has 1 aromatic rings. The maximum Gasteiger partial charge on any atom is 0.309 e. The Morgan fingerprint density at radius 2 is 2.33 bits per heavy atom. The number of hydrogen-bond acceptors (Lipinski definition) is 2. The zero-order valence-corrected chi connectivity index (χ0v) is 6.33. The maximum absolute atomic E-state index is 10.6. The van der Waals surface area contributed by atoms with Crippen LogP contribution in [0.2, 0.25) is 0 Å². The minimum Gasteiger partial charge on any atom is -0.367 e. The zero-order chi connectivity index (χ0) is 8.97. The van der Waals surface area contributed by atoms with E-state index in [9.17, 15) is 9.59 Å². The summed E-state index contributed by atoms with van der Waals surface area (Å²) in [5.74, 6) is -1.73. The van der Waals surface area contributed by atoms with Gasteiger partial charge in [-0.25, -0.2) is 0 Å². The average molecular weight is 167 g/mol. The van der Waals surface area contributed by atoms with Crippen LogP contribution in [0.15, 0.2) is 18.5 Å². The van der Waals surface area contributed by atoms with Gasteiger partial charge in [-0.1, -0.05) is 0 Å². The molecule has 5 heteroatoms. The lowest BCUT2D eigenvalue weighted by molar-refractivity contribution is -0.137. The van der Waals surface area contributed by atoms with Crippen LogP contribution < -0.4 is 11.1 Å². The molecule has 1 rings (SSSR count). The maximum atomic E-state index is 10.6. The van der Waals surface area contributed by atoms with Crippen molar-refractivity contribution in [1.29, 1.82) is 0 Å². The second-order valence-electron chi connectivity index (χ2n) is 2.27. The van der Waals surface area contributed by atoms with E-state index in [1.807, 2.05) is 0 Å². The van der Waals surface area contributed by atoms with Gasteiger partial charge in [0.2, 0.25) is 0 Å². The number of aromatic nitrogens is 1. The van der Waals surface area contributed by atoms with Gasteiger partial charge in [-0.3, -0.25) is 9.59 Å². The number of nitrogens with one attached hydrogen (secondary N) is 2. The van der Waals surface area contributed by atoms with Crippen molar-refractivity contribution in [3.05, 3.63) is 24.0 Å².